The average Bonchev–Trinajstić information content (AvgIpc) is 2.84. The largest absolute Gasteiger partial charge is 0.325 e. The Hall–Kier alpha value is -0.300. The van der Waals surface area contributed by atoms with Gasteiger partial charge < -0.3 is 5.73 Å². The first-order chi connectivity index (χ1) is 10.8. The maximum Gasteiger partial charge on any atom is 0.0163 e. The molecule has 3 fully saturated rings. The molecule has 23 heavy (non-hydrogen) atoms. The van der Waals surface area contributed by atoms with Crippen LogP contribution in [0.15, 0.2) is 11.6 Å². The molecule has 4 aliphatic rings. The summed E-state index contributed by atoms with van der Waals surface area (Å²) in [4.78, 5) is 0. The lowest BCUT2D eigenvalue weighted by atomic mass is 9.46. The van der Waals surface area contributed by atoms with Gasteiger partial charge in [0.05, 0.1) is 0 Å². The van der Waals surface area contributed by atoms with Gasteiger partial charge in [0.25, 0.3) is 0 Å². The minimum Gasteiger partial charge on any atom is -0.325 e. The van der Waals surface area contributed by atoms with Crippen molar-refractivity contribution in [2.45, 2.75) is 91.0 Å². The predicted octanol–water partition coefficient (Wildman–Crippen LogP) is 5.69. The number of fused-ring (bicyclic) bond motifs is 5. The van der Waals surface area contributed by atoms with E-state index in [-0.39, 0.29) is 5.54 Å². The summed E-state index contributed by atoms with van der Waals surface area (Å²) in [7, 11) is 0. The average molecular weight is 316 g/mol. The van der Waals surface area contributed by atoms with Gasteiger partial charge in [0.2, 0.25) is 0 Å². The Morgan fingerprint density at radius 2 is 1.83 bits per heavy atom. The minimum absolute atomic E-state index is 0.0437. The second-order valence-corrected chi connectivity index (χ2v) is 10.3. The fourth-order valence-corrected chi connectivity index (χ4v) is 7.62. The smallest absolute Gasteiger partial charge is 0.0163 e. The molecule has 3 saturated carbocycles. The molecule has 0 saturated heterocycles. The number of hydrogen-bond donors (Lipinski definition) is 1. The topological polar surface area (TPSA) is 26.0 Å². The summed E-state index contributed by atoms with van der Waals surface area (Å²) < 4.78 is 0. The minimum atomic E-state index is 0.0437. The van der Waals surface area contributed by atoms with E-state index in [0.29, 0.717) is 10.8 Å². The molecule has 4 rings (SSSR count). The molecule has 1 nitrogen and oxygen atoms in total. The van der Waals surface area contributed by atoms with Gasteiger partial charge in [-0.3, -0.25) is 0 Å². The van der Waals surface area contributed by atoms with Crippen molar-refractivity contribution in [3.05, 3.63) is 11.6 Å². The monoisotopic (exact) mass is 315 g/mol. The van der Waals surface area contributed by atoms with E-state index in [2.05, 4.69) is 33.8 Å². The van der Waals surface area contributed by atoms with Gasteiger partial charge in [-0.05, 0) is 92.8 Å². The van der Waals surface area contributed by atoms with Crippen LogP contribution in [0.1, 0.15) is 85.5 Å². The number of nitrogens with two attached hydrogens (primary N) is 1. The Balaban J connectivity index is 1.65. The zero-order chi connectivity index (χ0) is 16.5. The molecule has 0 aromatic heterocycles. The molecule has 0 aromatic rings. The van der Waals surface area contributed by atoms with Crippen LogP contribution in [0.4, 0.5) is 0 Å². The Morgan fingerprint density at radius 1 is 1.04 bits per heavy atom. The molecule has 1 heteroatoms. The standard InChI is InChI=1S/C22H37N/c1-5-15-7-9-18-17-8-6-16-14-20(2,23)12-13-22(16,4)19(17)10-11-21(15,18)3/h6,15,17-19H,5,7-14,23H2,1-4H3/t15-,17-,18-,19-,20-,21+,22-/m0/s1. The van der Waals surface area contributed by atoms with Crippen LogP contribution in [0.25, 0.3) is 0 Å². The lowest BCUT2D eigenvalue weighted by Gasteiger charge is -2.59. The second-order valence-electron chi connectivity index (χ2n) is 10.3. The first-order valence-electron chi connectivity index (χ1n) is 10.3. The molecule has 0 heterocycles. The number of allylic oxidation sites excluding steroid dienone is 1. The third kappa shape index (κ3) is 2.21. The molecular formula is C22H37N. The molecule has 0 radical (unpaired) electrons. The van der Waals surface area contributed by atoms with E-state index >= 15 is 0 Å². The SMILES string of the molecule is CC[C@H]1CC[C@H]2[C@@H]3CC=C4C[C@@](C)(N)CC[C@]4(C)[C@H]3CC[C@]12C. The lowest BCUT2D eigenvalue weighted by molar-refractivity contribution is -0.0453. The summed E-state index contributed by atoms with van der Waals surface area (Å²) in [5, 5.41) is 0. The highest BCUT2D eigenvalue weighted by molar-refractivity contribution is 5.27. The fraction of sp³-hybridized carbons (Fsp3) is 0.909. The first-order valence-corrected chi connectivity index (χ1v) is 10.3. The van der Waals surface area contributed by atoms with E-state index in [0.717, 1.165) is 30.1 Å². The van der Waals surface area contributed by atoms with E-state index in [1.54, 1.807) is 5.57 Å². The third-order valence-corrected chi connectivity index (χ3v) is 9.12. The Morgan fingerprint density at radius 3 is 2.57 bits per heavy atom. The summed E-state index contributed by atoms with van der Waals surface area (Å²) in [6.45, 7) is 9.93. The molecular weight excluding hydrogens is 278 g/mol. The van der Waals surface area contributed by atoms with Gasteiger partial charge in [0, 0.05) is 5.54 Å². The van der Waals surface area contributed by atoms with Crippen LogP contribution in [-0.2, 0) is 0 Å². The van der Waals surface area contributed by atoms with Gasteiger partial charge in [-0.15, -0.1) is 0 Å². The molecule has 0 amide bonds. The Kier molecular flexibility index (Phi) is 3.59. The molecule has 4 aliphatic carbocycles. The van der Waals surface area contributed by atoms with E-state index in [9.17, 15) is 0 Å². The molecule has 0 aliphatic heterocycles. The highest BCUT2D eigenvalue weighted by atomic mass is 14.7. The summed E-state index contributed by atoms with van der Waals surface area (Å²) in [6.07, 6.45) is 15.0. The molecule has 0 unspecified atom stereocenters. The van der Waals surface area contributed by atoms with Crippen molar-refractivity contribution in [2.75, 3.05) is 0 Å². The van der Waals surface area contributed by atoms with Crippen LogP contribution in [0.2, 0.25) is 0 Å². The predicted molar refractivity (Wildman–Crippen MR) is 98.1 cm³/mol. The van der Waals surface area contributed by atoms with Crippen molar-refractivity contribution in [1.29, 1.82) is 0 Å². The highest BCUT2D eigenvalue weighted by Gasteiger charge is 2.58. The highest BCUT2D eigenvalue weighted by Crippen LogP contribution is 2.66. The van der Waals surface area contributed by atoms with Crippen LogP contribution in [0.3, 0.4) is 0 Å². The van der Waals surface area contributed by atoms with Gasteiger partial charge >= 0.3 is 0 Å². The van der Waals surface area contributed by atoms with Crippen LogP contribution < -0.4 is 5.73 Å². The lowest BCUT2D eigenvalue weighted by Crippen LogP contribution is -2.53. The summed E-state index contributed by atoms with van der Waals surface area (Å²) in [5.74, 6) is 3.88. The van der Waals surface area contributed by atoms with Gasteiger partial charge in [-0.1, -0.05) is 38.8 Å². The van der Waals surface area contributed by atoms with Crippen molar-refractivity contribution < 1.29 is 0 Å². The van der Waals surface area contributed by atoms with Gasteiger partial charge in [0.1, 0.15) is 0 Å². The normalized spacial score (nSPS) is 55.6. The van der Waals surface area contributed by atoms with E-state index in [1.807, 2.05) is 0 Å². The molecule has 0 bridgehead atoms. The van der Waals surface area contributed by atoms with Crippen molar-refractivity contribution >= 4 is 0 Å². The van der Waals surface area contributed by atoms with Gasteiger partial charge in [-0.2, -0.15) is 0 Å². The molecule has 7 atom stereocenters. The molecule has 0 aromatic carbocycles. The Labute approximate surface area is 143 Å². The maximum absolute atomic E-state index is 6.51. The summed E-state index contributed by atoms with van der Waals surface area (Å²) in [5.41, 5.74) is 9.40. The molecule has 0 spiro atoms. The van der Waals surface area contributed by atoms with Crippen molar-refractivity contribution in [2.24, 2.45) is 40.2 Å². The third-order valence-electron chi connectivity index (χ3n) is 9.12. The summed E-state index contributed by atoms with van der Waals surface area (Å²) in [6, 6.07) is 0. The maximum atomic E-state index is 6.51. The first kappa shape index (κ1) is 16.2. The molecule has 2 N–H and O–H groups in total. The fourth-order valence-electron chi connectivity index (χ4n) is 7.62. The van der Waals surface area contributed by atoms with Gasteiger partial charge in [-0.25, -0.2) is 0 Å². The zero-order valence-electron chi connectivity index (χ0n) is 15.8. The van der Waals surface area contributed by atoms with Crippen LogP contribution in [0, 0.1) is 34.5 Å². The number of hydrogen-bond acceptors (Lipinski definition) is 1. The van der Waals surface area contributed by atoms with E-state index in [1.165, 1.54) is 51.4 Å². The Bertz CT molecular complexity index is 518. The van der Waals surface area contributed by atoms with Crippen molar-refractivity contribution in [3.8, 4) is 0 Å². The summed E-state index contributed by atoms with van der Waals surface area (Å²) >= 11 is 0. The molecule has 130 valence electrons. The van der Waals surface area contributed by atoms with Gasteiger partial charge in [0.15, 0.2) is 0 Å². The quantitative estimate of drug-likeness (QED) is 0.618. The van der Waals surface area contributed by atoms with Crippen LogP contribution in [-0.4, -0.2) is 5.54 Å². The van der Waals surface area contributed by atoms with Crippen LogP contribution >= 0.6 is 0 Å². The second kappa shape index (κ2) is 5.10. The van der Waals surface area contributed by atoms with E-state index < -0.39 is 0 Å². The zero-order valence-corrected chi connectivity index (χ0v) is 15.8. The number of rotatable bonds is 1. The van der Waals surface area contributed by atoms with Crippen molar-refractivity contribution in [3.63, 3.8) is 0 Å². The van der Waals surface area contributed by atoms with Crippen molar-refractivity contribution in [1.82, 2.24) is 0 Å². The van der Waals surface area contributed by atoms with E-state index in [4.69, 9.17) is 5.73 Å². The van der Waals surface area contributed by atoms with Crippen LogP contribution in [0.5, 0.6) is 0 Å².